The molecule has 1 saturated heterocycles. The van der Waals surface area contributed by atoms with Crippen LogP contribution in [0.15, 0.2) is 29.6 Å². The van der Waals surface area contributed by atoms with Crippen molar-refractivity contribution in [1.29, 1.82) is 0 Å². The number of aliphatic carboxylic acids is 1. The molecule has 35 heavy (non-hydrogen) atoms. The van der Waals surface area contributed by atoms with Crippen molar-refractivity contribution in [3.05, 3.63) is 35.2 Å². The Labute approximate surface area is 210 Å². The highest BCUT2D eigenvalue weighted by Gasteiger charge is 2.41. The number of hydrogen-bond donors (Lipinski definition) is 4. The average Bonchev–Trinajstić information content (AvgIpc) is 3.34. The quantitative estimate of drug-likeness (QED) is 0.348. The Morgan fingerprint density at radius 3 is 2.49 bits per heavy atom. The molecule has 0 radical (unpaired) electrons. The summed E-state index contributed by atoms with van der Waals surface area (Å²) in [7, 11) is 0. The van der Waals surface area contributed by atoms with E-state index in [4.69, 9.17) is 5.11 Å². The maximum absolute atomic E-state index is 12.9. The smallest absolute Gasteiger partial charge is 0.408 e. The standard InChI is InChI=1S/C23H26N4O6S2/c28-19(29)4-2-1-3-18-27(23(32)33)17(12-34-18)21(31)26-22-25-16(11-35-22)13-5-7-14(8-6-13)20(30)24-15-9-10-15/h5-8,11,15,17-18H,1-4,9-10,12H2,(H,24,30)(H,28,29)(H,32,33)(H,25,26,31). The molecule has 2 atom stereocenters. The van der Waals surface area contributed by atoms with Crippen molar-refractivity contribution < 1.29 is 29.4 Å². The van der Waals surface area contributed by atoms with Gasteiger partial charge in [0.1, 0.15) is 6.04 Å². The largest absolute Gasteiger partial charge is 0.481 e. The van der Waals surface area contributed by atoms with E-state index < -0.39 is 24.0 Å². The number of aromatic nitrogens is 1. The molecule has 2 fully saturated rings. The van der Waals surface area contributed by atoms with Crippen LogP contribution in [0.5, 0.6) is 0 Å². The summed E-state index contributed by atoms with van der Waals surface area (Å²) in [6.07, 6.45) is 2.43. The van der Waals surface area contributed by atoms with Gasteiger partial charge in [-0.15, -0.1) is 23.1 Å². The highest BCUT2D eigenvalue weighted by Crippen LogP contribution is 2.34. The lowest BCUT2D eigenvalue weighted by Crippen LogP contribution is -2.47. The van der Waals surface area contributed by atoms with Gasteiger partial charge in [-0.3, -0.25) is 19.3 Å². The summed E-state index contributed by atoms with van der Waals surface area (Å²) in [6.45, 7) is 0. The third kappa shape index (κ3) is 6.51. The van der Waals surface area contributed by atoms with Gasteiger partial charge in [0.25, 0.3) is 5.91 Å². The first-order valence-corrected chi connectivity index (χ1v) is 13.3. The molecule has 2 heterocycles. The van der Waals surface area contributed by atoms with Crippen molar-refractivity contribution >= 4 is 52.1 Å². The summed E-state index contributed by atoms with van der Waals surface area (Å²) >= 11 is 2.62. The number of carboxylic acids is 1. The normalized spacial score (nSPS) is 19.4. The number of anilines is 1. The summed E-state index contributed by atoms with van der Waals surface area (Å²) in [5, 5.41) is 25.9. The maximum Gasteiger partial charge on any atom is 0.408 e. The molecule has 1 aliphatic heterocycles. The van der Waals surface area contributed by atoms with Gasteiger partial charge in [-0.25, -0.2) is 9.78 Å². The molecule has 4 N–H and O–H groups in total. The monoisotopic (exact) mass is 518 g/mol. The molecule has 1 aromatic heterocycles. The van der Waals surface area contributed by atoms with Crippen LogP contribution < -0.4 is 10.6 Å². The topological polar surface area (TPSA) is 149 Å². The van der Waals surface area contributed by atoms with Crippen molar-refractivity contribution in [2.75, 3.05) is 11.1 Å². The zero-order valence-corrected chi connectivity index (χ0v) is 20.4. The molecule has 1 saturated carbocycles. The van der Waals surface area contributed by atoms with Crippen LogP contribution in [0.1, 0.15) is 48.9 Å². The summed E-state index contributed by atoms with van der Waals surface area (Å²) < 4.78 is 0. The number of carbonyl (C=O) groups excluding carboxylic acids is 2. The molecule has 2 aliphatic rings. The lowest BCUT2D eigenvalue weighted by atomic mass is 10.1. The van der Waals surface area contributed by atoms with Crippen LogP contribution in [0.3, 0.4) is 0 Å². The predicted molar refractivity (Wildman–Crippen MR) is 133 cm³/mol. The molecule has 10 nitrogen and oxygen atoms in total. The van der Waals surface area contributed by atoms with Crippen LogP contribution in [-0.4, -0.2) is 67.2 Å². The molecule has 2 aromatic rings. The fourth-order valence-electron chi connectivity index (χ4n) is 3.78. The second kappa shape index (κ2) is 11.1. The first-order valence-electron chi connectivity index (χ1n) is 11.3. The van der Waals surface area contributed by atoms with Gasteiger partial charge in [-0.1, -0.05) is 12.1 Å². The first kappa shape index (κ1) is 25.0. The second-order valence-electron chi connectivity index (χ2n) is 8.49. The SMILES string of the molecule is O=C(O)CCCCC1SCC(C(=O)Nc2nc(-c3ccc(C(=O)NC4CC4)cc3)cs2)N1C(=O)O. The number of nitrogens with zero attached hydrogens (tertiary/aromatic N) is 2. The Balaban J connectivity index is 1.34. The van der Waals surface area contributed by atoms with E-state index >= 15 is 0 Å². The Morgan fingerprint density at radius 2 is 1.83 bits per heavy atom. The minimum atomic E-state index is -1.18. The number of amides is 3. The van der Waals surface area contributed by atoms with E-state index in [1.165, 1.54) is 23.1 Å². The number of carbonyl (C=O) groups is 4. The van der Waals surface area contributed by atoms with E-state index in [1.807, 2.05) is 0 Å². The number of rotatable bonds is 10. The molecule has 1 aliphatic carbocycles. The lowest BCUT2D eigenvalue weighted by molar-refractivity contribution is -0.137. The summed E-state index contributed by atoms with van der Waals surface area (Å²) in [6, 6.07) is 6.52. The van der Waals surface area contributed by atoms with Crippen molar-refractivity contribution in [3.8, 4) is 11.3 Å². The van der Waals surface area contributed by atoms with Crippen molar-refractivity contribution in [2.45, 2.75) is 56.0 Å². The van der Waals surface area contributed by atoms with E-state index in [1.54, 1.807) is 29.6 Å². The average molecular weight is 519 g/mol. The van der Waals surface area contributed by atoms with Gasteiger partial charge in [0.15, 0.2) is 5.13 Å². The Kier molecular flexibility index (Phi) is 7.91. The molecule has 3 amide bonds. The molecule has 0 spiro atoms. The van der Waals surface area contributed by atoms with Crippen LogP contribution in [-0.2, 0) is 9.59 Å². The van der Waals surface area contributed by atoms with E-state index in [0.717, 1.165) is 23.3 Å². The number of thioether (sulfide) groups is 1. The fourth-order valence-corrected chi connectivity index (χ4v) is 5.95. The number of unbranched alkanes of at least 4 members (excludes halogenated alkanes) is 1. The van der Waals surface area contributed by atoms with Crippen LogP contribution in [0, 0.1) is 0 Å². The van der Waals surface area contributed by atoms with Gasteiger partial charge in [0.2, 0.25) is 5.91 Å². The van der Waals surface area contributed by atoms with Gasteiger partial charge in [0, 0.05) is 34.7 Å². The van der Waals surface area contributed by atoms with E-state index in [0.29, 0.717) is 41.4 Å². The first-order chi connectivity index (χ1) is 16.8. The Hall–Kier alpha value is -3.12. The van der Waals surface area contributed by atoms with Crippen LogP contribution in [0.25, 0.3) is 11.3 Å². The van der Waals surface area contributed by atoms with Gasteiger partial charge in [-0.2, -0.15) is 0 Å². The molecule has 186 valence electrons. The molecule has 4 rings (SSSR count). The molecular weight excluding hydrogens is 492 g/mol. The zero-order chi connectivity index (χ0) is 24.9. The summed E-state index contributed by atoms with van der Waals surface area (Å²) in [5.74, 6) is -1.09. The fraction of sp³-hybridized carbons (Fsp3) is 0.435. The van der Waals surface area contributed by atoms with Gasteiger partial charge < -0.3 is 20.8 Å². The number of nitrogens with one attached hydrogen (secondary N) is 2. The molecule has 0 bridgehead atoms. The van der Waals surface area contributed by atoms with E-state index in [-0.39, 0.29) is 23.7 Å². The number of hydrogen-bond acceptors (Lipinski definition) is 7. The third-order valence-corrected chi connectivity index (χ3v) is 7.91. The maximum atomic E-state index is 12.9. The van der Waals surface area contributed by atoms with Crippen molar-refractivity contribution in [3.63, 3.8) is 0 Å². The number of thiazole rings is 1. The van der Waals surface area contributed by atoms with Crippen molar-refractivity contribution in [1.82, 2.24) is 15.2 Å². The summed E-state index contributed by atoms with van der Waals surface area (Å²) in [5.41, 5.74) is 2.02. The Morgan fingerprint density at radius 1 is 1.09 bits per heavy atom. The highest BCUT2D eigenvalue weighted by molar-refractivity contribution is 8.00. The Bertz CT molecular complexity index is 1100. The minimum absolute atomic E-state index is 0.0388. The zero-order valence-electron chi connectivity index (χ0n) is 18.8. The highest BCUT2D eigenvalue weighted by atomic mass is 32.2. The van der Waals surface area contributed by atoms with Crippen LogP contribution in [0.2, 0.25) is 0 Å². The molecular formula is C23H26N4O6S2. The predicted octanol–water partition coefficient (Wildman–Crippen LogP) is 3.71. The molecule has 12 heteroatoms. The van der Waals surface area contributed by atoms with Crippen LogP contribution >= 0.6 is 23.1 Å². The third-order valence-electron chi connectivity index (χ3n) is 5.80. The van der Waals surface area contributed by atoms with Crippen LogP contribution in [0.4, 0.5) is 9.93 Å². The van der Waals surface area contributed by atoms with E-state index in [9.17, 15) is 24.3 Å². The van der Waals surface area contributed by atoms with Crippen molar-refractivity contribution in [2.24, 2.45) is 0 Å². The van der Waals surface area contributed by atoms with Gasteiger partial charge in [-0.05, 0) is 44.2 Å². The van der Waals surface area contributed by atoms with E-state index in [2.05, 4.69) is 15.6 Å². The lowest BCUT2D eigenvalue weighted by Gasteiger charge is -2.25. The second-order valence-corrected chi connectivity index (χ2v) is 10.6. The number of benzene rings is 1. The minimum Gasteiger partial charge on any atom is -0.481 e. The molecule has 1 aromatic carbocycles. The molecule has 2 unspecified atom stereocenters. The summed E-state index contributed by atoms with van der Waals surface area (Å²) in [4.78, 5) is 53.1. The van der Waals surface area contributed by atoms with Gasteiger partial charge in [0.05, 0.1) is 11.1 Å². The number of carboxylic acid groups (broad SMARTS) is 2. The van der Waals surface area contributed by atoms with Gasteiger partial charge >= 0.3 is 12.1 Å².